The number of carbonyl (C=O) groups is 1. The molecule has 6 nitrogen and oxygen atoms in total. The standard InChI is InChI=1S/C17H21N3O3S/c1-2-12-20(13-14-6-4-3-5-7-14)17(21)19-15-8-10-16(11-9-15)24(18,22)23/h3-11H,2,12-13H2,1H3,(H,19,21)(H2,18,22,23). The third-order valence-corrected chi connectivity index (χ3v) is 4.36. The van der Waals surface area contributed by atoms with E-state index in [0.717, 1.165) is 12.0 Å². The average molecular weight is 347 g/mol. The Morgan fingerprint density at radius 3 is 2.25 bits per heavy atom. The highest BCUT2D eigenvalue weighted by Crippen LogP contribution is 2.14. The molecule has 24 heavy (non-hydrogen) atoms. The number of urea groups is 1. The van der Waals surface area contributed by atoms with Crippen LogP contribution in [0.3, 0.4) is 0 Å². The number of nitrogens with one attached hydrogen (secondary N) is 1. The zero-order chi connectivity index (χ0) is 17.6. The minimum Gasteiger partial charge on any atom is -0.320 e. The summed E-state index contributed by atoms with van der Waals surface area (Å²) in [6, 6.07) is 15.3. The van der Waals surface area contributed by atoms with Crippen LogP contribution in [0.25, 0.3) is 0 Å². The molecule has 0 aliphatic rings. The van der Waals surface area contributed by atoms with Gasteiger partial charge in [-0.3, -0.25) is 0 Å². The van der Waals surface area contributed by atoms with Crippen LogP contribution in [0.5, 0.6) is 0 Å². The van der Waals surface area contributed by atoms with Gasteiger partial charge in [0.15, 0.2) is 0 Å². The lowest BCUT2D eigenvalue weighted by Crippen LogP contribution is -2.35. The first kappa shape index (κ1) is 18.0. The van der Waals surface area contributed by atoms with E-state index in [1.807, 2.05) is 37.3 Å². The van der Waals surface area contributed by atoms with Crippen molar-refractivity contribution >= 4 is 21.7 Å². The molecule has 0 aliphatic carbocycles. The van der Waals surface area contributed by atoms with Gasteiger partial charge in [-0.1, -0.05) is 37.3 Å². The highest BCUT2D eigenvalue weighted by Gasteiger charge is 2.14. The van der Waals surface area contributed by atoms with Crippen molar-refractivity contribution in [1.29, 1.82) is 0 Å². The van der Waals surface area contributed by atoms with Crippen molar-refractivity contribution in [1.82, 2.24) is 4.90 Å². The van der Waals surface area contributed by atoms with Crippen LogP contribution in [0.1, 0.15) is 18.9 Å². The summed E-state index contributed by atoms with van der Waals surface area (Å²) < 4.78 is 22.5. The first-order chi connectivity index (χ1) is 11.4. The van der Waals surface area contributed by atoms with Gasteiger partial charge < -0.3 is 10.2 Å². The first-order valence-electron chi connectivity index (χ1n) is 7.63. The number of sulfonamides is 1. The van der Waals surface area contributed by atoms with E-state index in [0.29, 0.717) is 18.8 Å². The van der Waals surface area contributed by atoms with E-state index in [-0.39, 0.29) is 10.9 Å². The van der Waals surface area contributed by atoms with Crippen LogP contribution in [-0.4, -0.2) is 25.9 Å². The van der Waals surface area contributed by atoms with Gasteiger partial charge in [0.05, 0.1) is 4.90 Å². The lowest BCUT2D eigenvalue weighted by atomic mass is 10.2. The molecule has 0 radical (unpaired) electrons. The second-order valence-electron chi connectivity index (χ2n) is 5.41. The molecule has 0 aliphatic heterocycles. The molecule has 0 spiro atoms. The molecule has 0 atom stereocenters. The number of hydrogen-bond donors (Lipinski definition) is 2. The van der Waals surface area contributed by atoms with E-state index in [9.17, 15) is 13.2 Å². The molecule has 3 N–H and O–H groups in total. The fourth-order valence-electron chi connectivity index (χ4n) is 2.26. The molecule has 0 heterocycles. The zero-order valence-electron chi connectivity index (χ0n) is 13.5. The Hall–Kier alpha value is -2.38. The number of hydrogen-bond acceptors (Lipinski definition) is 3. The van der Waals surface area contributed by atoms with Crippen molar-refractivity contribution in [3.63, 3.8) is 0 Å². The summed E-state index contributed by atoms with van der Waals surface area (Å²) >= 11 is 0. The van der Waals surface area contributed by atoms with E-state index in [2.05, 4.69) is 5.32 Å². The maximum absolute atomic E-state index is 12.5. The van der Waals surface area contributed by atoms with E-state index >= 15 is 0 Å². The molecule has 0 bridgehead atoms. The summed E-state index contributed by atoms with van der Waals surface area (Å²) in [4.78, 5) is 14.2. The molecule has 0 aromatic heterocycles. The molecular formula is C17H21N3O3S. The summed E-state index contributed by atoms with van der Waals surface area (Å²) in [5, 5.41) is 7.84. The van der Waals surface area contributed by atoms with Gasteiger partial charge in [0, 0.05) is 18.8 Å². The number of anilines is 1. The summed E-state index contributed by atoms with van der Waals surface area (Å²) in [6.45, 7) is 3.14. The summed E-state index contributed by atoms with van der Waals surface area (Å²) in [5.41, 5.74) is 1.56. The Balaban J connectivity index is 2.07. The Morgan fingerprint density at radius 2 is 1.71 bits per heavy atom. The average Bonchev–Trinajstić information content (AvgIpc) is 2.55. The topological polar surface area (TPSA) is 92.5 Å². The summed E-state index contributed by atoms with van der Waals surface area (Å²) in [7, 11) is -3.74. The fourth-order valence-corrected chi connectivity index (χ4v) is 2.77. The molecule has 0 fully saturated rings. The molecule has 0 saturated carbocycles. The normalized spacial score (nSPS) is 11.1. The quantitative estimate of drug-likeness (QED) is 0.841. The largest absolute Gasteiger partial charge is 0.322 e. The number of rotatable bonds is 6. The second-order valence-corrected chi connectivity index (χ2v) is 6.97. The van der Waals surface area contributed by atoms with Crippen molar-refractivity contribution < 1.29 is 13.2 Å². The summed E-state index contributed by atoms with van der Waals surface area (Å²) in [6.07, 6.45) is 0.838. The molecule has 2 aromatic carbocycles. The lowest BCUT2D eigenvalue weighted by molar-refractivity contribution is 0.209. The van der Waals surface area contributed by atoms with Gasteiger partial charge in [0.25, 0.3) is 0 Å². The van der Waals surface area contributed by atoms with Gasteiger partial charge >= 0.3 is 6.03 Å². The molecular weight excluding hydrogens is 326 g/mol. The molecule has 7 heteroatoms. The maximum atomic E-state index is 12.5. The van der Waals surface area contributed by atoms with Crippen LogP contribution >= 0.6 is 0 Å². The van der Waals surface area contributed by atoms with Crippen molar-refractivity contribution in [2.75, 3.05) is 11.9 Å². The van der Waals surface area contributed by atoms with Crippen molar-refractivity contribution in [2.24, 2.45) is 5.14 Å². The predicted octanol–water partition coefficient (Wildman–Crippen LogP) is 2.78. The minimum absolute atomic E-state index is 0.00944. The highest BCUT2D eigenvalue weighted by atomic mass is 32.2. The maximum Gasteiger partial charge on any atom is 0.322 e. The van der Waals surface area contributed by atoms with Gasteiger partial charge in [-0.2, -0.15) is 0 Å². The van der Waals surface area contributed by atoms with Crippen LogP contribution in [0.4, 0.5) is 10.5 Å². The van der Waals surface area contributed by atoms with Crippen molar-refractivity contribution in [2.45, 2.75) is 24.8 Å². The number of nitrogens with two attached hydrogens (primary N) is 1. The zero-order valence-corrected chi connectivity index (χ0v) is 14.3. The third kappa shape index (κ3) is 5.07. The predicted molar refractivity (Wildman–Crippen MR) is 94.0 cm³/mol. The van der Waals surface area contributed by atoms with E-state index in [1.54, 1.807) is 4.90 Å². The fraction of sp³-hybridized carbons (Fsp3) is 0.235. The molecule has 2 rings (SSSR count). The molecule has 0 saturated heterocycles. The Morgan fingerprint density at radius 1 is 1.08 bits per heavy atom. The minimum atomic E-state index is -3.74. The number of primary sulfonamides is 1. The smallest absolute Gasteiger partial charge is 0.320 e. The molecule has 0 unspecified atom stereocenters. The van der Waals surface area contributed by atoms with Crippen LogP contribution in [0.2, 0.25) is 0 Å². The van der Waals surface area contributed by atoms with Gasteiger partial charge in [-0.15, -0.1) is 0 Å². The number of benzene rings is 2. The number of nitrogens with zero attached hydrogens (tertiary/aromatic N) is 1. The second kappa shape index (κ2) is 7.94. The van der Waals surface area contributed by atoms with Gasteiger partial charge in [-0.25, -0.2) is 18.4 Å². The summed E-state index contributed by atoms with van der Waals surface area (Å²) in [5.74, 6) is 0. The number of carbonyl (C=O) groups excluding carboxylic acids is 1. The van der Waals surface area contributed by atoms with Gasteiger partial charge in [0.1, 0.15) is 0 Å². The Kier molecular flexibility index (Phi) is 5.94. The molecule has 2 amide bonds. The number of amides is 2. The van der Waals surface area contributed by atoms with Crippen LogP contribution in [0.15, 0.2) is 59.5 Å². The van der Waals surface area contributed by atoms with Crippen LogP contribution in [-0.2, 0) is 16.6 Å². The Labute approximate surface area is 142 Å². The SMILES string of the molecule is CCCN(Cc1ccccc1)C(=O)Nc1ccc(S(N)(=O)=O)cc1. The van der Waals surface area contributed by atoms with E-state index < -0.39 is 10.0 Å². The van der Waals surface area contributed by atoms with Crippen molar-refractivity contribution in [3.8, 4) is 0 Å². The van der Waals surface area contributed by atoms with Crippen molar-refractivity contribution in [3.05, 3.63) is 60.2 Å². The van der Waals surface area contributed by atoms with E-state index in [4.69, 9.17) is 5.14 Å². The molecule has 128 valence electrons. The monoisotopic (exact) mass is 347 g/mol. The van der Waals surface area contributed by atoms with Gasteiger partial charge in [-0.05, 0) is 36.2 Å². The highest BCUT2D eigenvalue weighted by molar-refractivity contribution is 7.89. The van der Waals surface area contributed by atoms with E-state index in [1.165, 1.54) is 24.3 Å². The van der Waals surface area contributed by atoms with Crippen LogP contribution < -0.4 is 10.5 Å². The van der Waals surface area contributed by atoms with Crippen LogP contribution in [0, 0.1) is 0 Å². The Bertz CT molecular complexity index is 774. The van der Waals surface area contributed by atoms with Gasteiger partial charge in [0.2, 0.25) is 10.0 Å². The molecule has 2 aromatic rings. The third-order valence-electron chi connectivity index (χ3n) is 3.43. The lowest BCUT2D eigenvalue weighted by Gasteiger charge is -2.22. The first-order valence-corrected chi connectivity index (χ1v) is 9.17.